The summed E-state index contributed by atoms with van der Waals surface area (Å²) in [5.41, 5.74) is 0. The number of rotatable bonds is 5. The van der Waals surface area contributed by atoms with Crippen LogP contribution in [0.2, 0.25) is 0 Å². The lowest BCUT2D eigenvalue weighted by molar-refractivity contribution is -0.130. The first-order valence-corrected chi connectivity index (χ1v) is 10.4. The number of thioether (sulfide) groups is 1. The number of hydrogen-bond donors (Lipinski definition) is 1. The van der Waals surface area contributed by atoms with Gasteiger partial charge in [-0.15, -0.1) is 23.1 Å². The first-order chi connectivity index (χ1) is 12.2. The van der Waals surface area contributed by atoms with Crippen LogP contribution in [0.15, 0.2) is 52.7 Å². The van der Waals surface area contributed by atoms with E-state index in [1.165, 1.54) is 11.3 Å². The molecule has 0 spiro atoms. The van der Waals surface area contributed by atoms with E-state index in [1.54, 1.807) is 11.8 Å². The molecule has 2 amide bonds. The van der Waals surface area contributed by atoms with Crippen LogP contribution in [0.5, 0.6) is 0 Å². The molecule has 2 fully saturated rings. The highest BCUT2D eigenvalue weighted by Gasteiger charge is 2.46. The van der Waals surface area contributed by atoms with Crippen molar-refractivity contribution in [2.45, 2.75) is 29.8 Å². The average Bonchev–Trinajstić information content (AvgIpc) is 3.37. The number of likely N-dealkylation sites (tertiary alicyclic amines) is 1. The first kappa shape index (κ1) is 16.7. The summed E-state index contributed by atoms with van der Waals surface area (Å²) in [6.45, 7) is 0.772. The molecule has 1 N–H and O–H groups in total. The van der Waals surface area contributed by atoms with Crippen LogP contribution in [0.25, 0.3) is 0 Å². The lowest BCUT2D eigenvalue weighted by Gasteiger charge is -2.32. The molecule has 2 aromatic rings. The van der Waals surface area contributed by atoms with Crippen LogP contribution >= 0.6 is 23.1 Å². The minimum atomic E-state index is 0.0186. The van der Waals surface area contributed by atoms with Gasteiger partial charge in [0.1, 0.15) is 0 Å². The molecule has 4 rings (SSSR count). The van der Waals surface area contributed by atoms with Gasteiger partial charge in [-0.2, -0.15) is 0 Å². The minimum Gasteiger partial charge on any atom is -0.348 e. The van der Waals surface area contributed by atoms with Crippen molar-refractivity contribution in [3.8, 4) is 0 Å². The van der Waals surface area contributed by atoms with Gasteiger partial charge in [0.2, 0.25) is 5.91 Å². The summed E-state index contributed by atoms with van der Waals surface area (Å²) in [6.07, 6.45) is 1.89. The van der Waals surface area contributed by atoms with Gasteiger partial charge in [-0.25, -0.2) is 0 Å². The average molecular weight is 373 g/mol. The number of nitrogens with zero attached hydrogens (tertiary/aromatic N) is 1. The van der Waals surface area contributed by atoms with E-state index in [2.05, 4.69) is 5.32 Å². The van der Waals surface area contributed by atoms with Crippen molar-refractivity contribution in [2.24, 2.45) is 5.92 Å². The second kappa shape index (κ2) is 7.22. The van der Waals surface area contributed by atoms with E-state index in [0.29, 0.717) is 11.7 Å². The first-order valence-electron chi connectivity index (χ1n) is 8.52. The molecule has 2 aliphatic rings. The summed E-state index contributed by atoms with van der Waals surface area (Å²) < 4.78 is 0. The van der Waals surface area contributed by atoms with Gasteiger partial charge >= 0.3 is 0 Å². The van der Waals surface area contributed by atoms with E-state index in [0.717, 1.165) is 29.2 Å². The fraction of sp³-hybridized carbons (Fsp3) is 0.368. The Bertz CT molecular complexity index is 748. The zero-order chi connectivity index (χ0) is 17.2. The Kier molecular flexibility index (Phi) is 4.81. The lowest BCUT2D eigenvalue weighted by atomic mass is 10.0. The van der Waals surface area contributed by atoms with E-state index < -0.39 is 0 Å². The molecule has 2 heterocycles. The number of fused-ring (bicyclic) bond motifs is 2. The van der Waals surface area contributed by atoms with Crippen LogP contribution in [0.1, 0.15) is 22.5 Å². The molecule has 1 aromatic carbocycles. The van der Waals surface area contributed by atoms with Crippen molar-refractivity contribution < 1.29 is 9.59 Å². The van der Waals surface area contributed by atoms with Crippen molar-refractivity contribution in [2.75, 3.05) is 12.3 Å². The largest absolute Gasteiger partial charge is 0.348 e. The van der Waals surface area contributed by atoms with Gasteiger partial charge in [-0.05, 0) is 42.3 Å². The van der Waals surface area contributed by atoms with Crippen LogP contribution < -0.4 is 5.32 Å². The smallest absolute Gasteiger partial charge is 0.261 e. The summed E-state index contributed by atoms with van der Waals surface area (Å²) in [5.74, 6) is 1.11. The molecule has 1 aliphatic heterocycles. The fourth-order valence-corrected chi connectivity index (χ4v) is 5.26. The van der Waals surface area contributed by atoms with E-state index in [9.17, 15) is 9.59 Å². The van der Waals surface area contributed by atoms with Gasteiger partial charge in [0.25, 0.3) is 5.91 Å². The summed E-state index contributed by atoms with van der Waals surface area (Å²) in [7, 11) is 0. The topological polar surface area (TPSA) is 49.4 Å². The van der Waals surface area contributed by atoms with Gasteiger partial charge < -0.3 is 10.2 Å². The van der Waals surface area contributed by atoms with Crippen LogP contribution in [-0.4, -0.2) is 41.1 Å². The van der Waals surface area contributed by atoms with Crippen molar-refractivity contribution in [3.05, 3.63) is 52.7 Å². The van der Waals surface area contributed by atoms with Gasteiger partial charge in [0.05, 0.1) is 10.6 Å². The number of thiophene rings is 1. The van der Waals surface area contributed by atoms with Crippen molar-refractivity contribution in [1.29, 1.82) is 0 Å². The van der Waals surface area contributed by atoms with Gasteiger partial charge in [0.15, 0.2) is 0 Å². The van der Waals surface area contributed by atoms with Crippen molar-refractivity contribution in [1.82, 2.24) is 10.2 Å². The highest BCUT2D eigenvalue weighted by molar-refractivity contribution is 8.00. The molecule has 4 nitrogen and oxygen atoms in total. The predicted octanol–water partition coefficient (Wildman–Crippen LogP) is 3.26. The van der Waals surface area contributed by atoms with E-state index >= 15 is 0 Å². The molecular weight excluding hydrogens is 352 g/mol. The predicted molar refractivity (Wildman–Crippen MR) is 101 cm³/mol. The van der Waals surface area contributed by atoms with Crippen LogP contribution in [-0.2, 0) is 4.79 Å². The number of carbonyl (C=O) groups is 2. The molecule has 1 saturated carbocycles. The summed E-state index contributed by atoms with van der Waals surface area (Å²) in [5, 5.41) is 5.08. The third kappa shape index (κ3) is 3.60. The Balaban J connectivity index is 1.29. The third-order valence-corrected chi connectivity index (χ3v) is 6.89. The normalized spacial score (nSPS) is 24.5. The molecule has 1 aromatic heterocycles. The molecule has 1 saturated heterocycles. The Morgan fingerprint density at radius 2 is 2.00 bits per heavy atom. The standard InChI is InChI=1S/C19H20N2O2S2/c22-18(12-25-15-5-2-1-3-6-15)21-11-13-9-14(21)10-16(13)20-19(23)17-7-4-8-24-17/h1-8,13-14,16H,9-12H2,(H,20,23). The number of benzene rings is 1. The number of carbonyl (C=O) groups excluding carboxylic acids is 2. The Labute approximate surface area is 155 Å². The van der Waals surface area contributed by atoms with Crippen LogP contribution in [0.3, 0.4) is 0 Å². The third-order valence-electron chi connectivity index (χ3n) is 5.03. The SMILES string of the molecule is O=C(NC1CC2CC1CN2C(=O)CSc1ccccc1)c1cccs1. The van der Waals surface area contributed by atoms with Crippen LogP contribution in [0.4, 0.5) is 0 Å². The van der Waals surface area contributed by atoms with Gasteiger partial charge in [-0.1, -0.05) is 24.3 Å². The molecule has 2 bridgehead atoms. The quantitative estimate of drug-likeness (QED) is 0.820. The highest BCUT2D eigenvalue weighted by atomic mass is 32.2. The second-order valence-corrected chi connectivity index (χ2v) is 8.59. The molecular formula is C19H20N2O2S2. The number of nitrogens with one attached hydrogen (secondary N) is 1. The van der Waals surface area contributed by atoms with Crippen LogP contribution in [0, 0.1) is 5.92 Å². The Morgan fingerprint density at radius 1 is 1.16 bits per heavy atom. The molecule has 130 valence electrons. The minimum absolute atomic E-state index is 0.0186. The molecule has 3 unspecified atom stereocenters. The van der Waals surface area contributed by atoms with Gasteiger partial charge in [-0.3, -0.25) is 9.59 Å². The highest BCUT2D eigenvalue weighted by Crippen LogP contribution is 2.38. The van der Waals surface area contributed by atoms with E-state index in [1.807, 2.05) is 52.7 Å². The maximum atomic E-state index is 12.5. The summed E-state index contributed by atoms with van der Waals surface area (Å²) >= 11 is 3.06. The molecule has 25 heavy (non-hydrogen) atoms. The van der Waals surface area contributed by atoms with E-state index in [4.69, 9.17) is 0 Å². The van der Waals surface area contributed by atoms with E-state index in [-0.39, 0.29) is 23.9 Å². The monoisotopic (exact) mass is 372 g/mol. The number of piperidine rings is 1. The Hall–Kier alpha value is -1.79. The zero-order valence-electron chi connectivity index (χ0n) is 13.8. The molecule has 0 radical (unpaired) electrons. The van der Waals surface area contributed by atoms with Gasteiger partial charge in [0, 0.05) is 23.5 Å². The van der Waals surface area contributed by atoms with Crippen molar-refractivity contribution in [3.63, 3.8) is 0 Å². The van der Waals surface area contributed by atoms with Crippen molar-refractivity contribution >= 4 is 34.9 Å². The summed E-state index contributed by atoms with van der Waals surface area (Å²) in [4.78, 5) is 28.7. The Morgan fingerprint density at radius 3 is 2.68 bits per heavy atom. The molecule has 6 heteroatoms. The molecule has 3 atom stereocenters. The maximum Gasteiger partial charge on any atom is 0.261 e. The number of amides is 2. The zero-order valence-corrected chi connectivity index (χ0v) is 15.4. The second-order valence-electron chi connectivity index (χ2n) is 6.59. The lowest BCUT2D eigenvalue weighted by Crippen LogP contribution is -2.48. The number of hydrogen-bond acceptors (Lipinski definition) is 4. The maximum absolute atomic E-state index is 12.5. The fourth-order valence-electron chi connectivity index (χ4n) is 3.83. The summed E-state index contributed by atoms with van der Waals surface area (Å²) in [6, 6.07) is 14.3. The molecule has 1 aliphatic carbocycles.